The van der Waals surface area contributed by atoms with Gasteiger partial charge in [0.25, 0.3) is 0 Å². The van der Waals surface area contributed by atoms with Crippen molar-refractivity contribution in [3.05, 3.63) is 51.4 Å². The van der Waals surface area contributed by atoms with E-state index in [0.29, 0.717) is 44.4 Å². The molecule has 154 valence electrons. The minimum absolute atomic E-state index is 0.0281. The number of para-hydroxylation sites is 1. The van der Waals surface area contributed by atoms with Crippen molar-refractivity contribution in [1.29, 1.82) is 0 Å². The Labute approximate surface area is 173 Å². The van der Waals surface area contributed by atoms with Gasteiger partial charge in [0.15, 0.2) is 5.60 Å². The first-order valence-electron chi connectivity index (χ1n) is 9.84. The van der Waals surface area contributed by atoms with Crippen LogP contribution in [-0.2, 0) is 7.05 Å². The van der Waals surface area contributed by atoms with Gasteiger partial charge < -0.3 is 24.3 Å². The Kier molecular flexibility index (Phi) is 3.47. The summed E-state index contributed by atoms with van der Waals surface area (Å²) in [5.41, 5.74) is 0.514. The Morgan fingerprint density at radius 2 is 1.70 bits per heavy atom. The number of ether oxygens (including phenoxy) is 2. The van der Waals surface area contributed by atoms with Gasteiger partial charge >= 0.3 is 0 Å². The van der Waals surface area contributed by atoms with Gasteiger partial charge in [-0.1, -0.05) is 6.07 Å². The van der Waals surface area contributed by atoms with Crippen molar-refractivity contribution in [2.24, 2.45) is 7.05 Å². The SMILES string of the molecule is Cn1c2c(O)cccc2c(=O)c2c3c(c4c(c21)C=CC(C)(C)O4)C=C(O)C(C)(C)O3. The van der Waals surface area contributed by atoms with Crippen molar-refractivity contribution in [1.82, 2.24) is 4.57 Å². The molecule has 5 rings (SSSR count). The van der Waals surface area contributed by atoms with Gasteiger partial charge in [-0.25, -0.2) is 0 Å². The Balaban J connectivity index is 2.08. The lowest BCUT2D eigenvalue weighted by Crippen LogP contribution is -2.35. The molecule has 3 heterocycles. The average Bonchev–Trinajstić information content (AvgIpc) is 2.65. The van der Waals surface area contributed by atoms with Gasteiger partial charge in [-0.15, -0.1) is 0 Å². The zero-order valence-corrected chi connectivity index (χ0v) is 17.5. The largest absolute Gasteiger partial charge is 0.508 e. The Morgan fingerprint density at radius 3 is 2.43 bits per heavy atom. The van der Waals surface area contributed by atoms with E-state index >= 15 is 0 Å². The highest BCUT2D eigenvalue weighted by molar-refractivity contribution is 6.06. The average molecular weight is 405 g/mol. The maximum atomic E-state index is 13.6. The summed E-state index contributed by atoms with van der Waals surface area (Å²) in [7, 11) is 1.81. The molecule has 3 aromatic rings. The minimum Gasteiger partial charge on any atom is -0.508 e. The van der Waals surface area contributed by atoms with Crippen LogP contribution in [0.2, 0.25) is 0 Å². The molecule has 0 saturated heterocycles. The summed E-state index contributed by atoms with van der Waals surface area (Å²) in [4.78, 5) is 13.6. The molecule has 30 heavy (non-hydrogen) atoms. The molecular weight excluding hydrogens is 382 g/mol. The molecule has 1 aromatic heterocycles. The summed E-state index contributed by atoms with van der Waals surface area (Å²) in [5, 5.41) is 21.9. The van der Waals surface area contributed by atoms with Crippen LogP contribution < -0.4 is 14.9 Å². The number of fused-ring (bicyclic) bond motifs is 7. The first-order valence-corrected chi connectivity index (χ1v) is 9.84. The van der Waals surface area contributed by atoms with Crippen molar-refractivity contribution in [3.8, 4) is 17.2 Å². The highest BCUT2D eigenvalue weighted by Gasteiger charge is 2.38. The summed E-state index contributed by atoms with van der Waals surface area (Å²) in [5.74, 6) is 1.00. The summed E-state index contributed by atoms with van der Waals surface area (Å²) in [6.07, 6.45) is 5.48. The third kappa shape index (κ3) is 2.33. The molecule has 0 amide bonds. The number of pyridine rings is 1. The second-order valence-corrected chi connectivity index (χ2v) is 8.95. The van der Waals surface area contributed by atoms with Gasteiger partial charge in [-0.2, -0.15) is 0 Å². The van der Waals surface area contributed by atoms with Gasteiger partial charge in [0.05, 0.1) is 27.4 Å². The van der Waals surface area contributed by atoms with E-state index in [2.05, 4.69) is 0 Å². The van der Waals surface area contributed by atoms with Crippen molar-refractivity contribution in [2.75, 3.05) is 0 Å². The topological polar surface area (TPSA) is 80.9 Å². The van der Waals surface area contributed by atoms with Crippen LogP contribution in [0.25, 0.3) is 34.0 Å². The van der Waals surface area contributed by atoms with Gasteiger partial charge in [0.1, 0.15) is 28.6 Å². The van der Waals surface area contributed by atoms with Crippen LogP contribution >= 0.6 is 0 Å². The number of phenols is 1. The number of phenolic OH excluding ortho intramolecular Hbond substituents is 1. The Hall–Kier alpha value is -3.41. The van der Waals surface area contributed by atoms with E-state index in [4.69, 9.17) is 9.47 Å². The number of aliphatic hydroxyl groups excluding tert-OH is 1. The number of hydrogen-bond donors (Lipinski definition) is 2. The van der Waals surface area contributed by atoms with Crippen LogP contribution in [0.4, 0.5) is 0 Å². The number of aliphatic hydroxyl groups is 1. The van der Waals surface area contributed by atoms with Crippen molar-refractivity contribution in [2.45, 2.75) is 38.9 Å². The maximum Gasteiger partial charge on any atom is 0.201 e. The zero-order valence-electron chi connectivity index (χ0n) is 17.5. The molecule has 2 aromatic carbocycles. The molecule has 0 radical (unpaired) electrons. The van der Waals surface area contributed by atoms with Crippen LogP contribution in [0.5, 0.6) is 17.2 Å². The highest BCUT2D eigenvalue weighted by Crippen LogP contribution is 2.49. The molecule has 2 N–H and O–H groups in total. The maximum absolute atomic E-state index is 13.6. The van der Waals surface area contributed by atoms with Crippen LogP contribution in [0, 0.1) is 0 Å². The Morgan fingerprint density at radius 1 is 0.967 bits per heavy atom. The van der Waals surface area contributed by atoms with Crippen molar-refractivity contribution in [3.63, 3.8) is 0 Å². The van der Waals surface area contributed by atoms with Crippen molar-refractivity contribution >= 4 is 34.0 Å². The third-order valence-electron chi connectivity index (χ3n) is 5.88. The van der Waals surface area contributed by atoms with E-state index in [1.807, 2.05) is 33.0 Å². The predicted molar refractivity (Wildman–Crippen MR) is 117 cm³/mol. The zero-order chi connectivity index (χ0) is 21.6. The number of aryl methyl sites for hydroxylation is 1. The molecule has 2 aliphatic rings. The van der Waals surface area contributed by atoms with E-state index in [9.17, 15) is 15.0 Å². The number of hydrogen-bond acceptors (Lipinski definition) is 5. The predicted octanol–water partition coefficient (Wildman–Crippen LogP) is 4.65. The van der Waals surface area contributed by atoms with Gasteiger partial charge in [0.2, 0.25) is 5.43 Å². The normalized spacial score (nSPS) is 18.4. The van der Waals surface area contributed by atoms with Crippen LogP contribution in [0.3, 0.4) is 0 Å². The van der Waals surface area contributed by atoms with Crippen LogP contribution in [0.1, 0.15) is 38.8 Å². The standard InChI is InChI=1S/C24H23NO5/c1-23(2)10-9-13-19-17(20(28)12-7-6-8-15(26)18(12)25(19)5)22-14(21(13)29-23)11-16(27)24(3,4)30-22/h6-11,26-27H,1-5H3. The molecule has 6 heteroatoms. The second-order valence-electron chi connectivity index (χ2n) is 8.95. The smallest absolute Gasteiger partial charge is 0.201 e. The molecule has 0 bridgehead atoms. The van der Waals surface area contributed by atoms with E-state index in [1.54, 1.807) is 42.7 Å². The first kappa shape index (κ1) is 18.6. The minimum atomic E-state index is -0.993. The van der Waals surface area contributed by atoms with Gasteiger partial charge in [-0.05, 0) is 58.1 Å². The third-order valence-corrected chi connectivity index (χ3v) is 5.88. The summed E-state index contributed by atoms with van der Waals surface area (Å²) >= 11 is 0. The fourth-order valence-corrected chi connectivity index (χ4v) is 4.31. The molecule has 0 unspecified atom stereocenters. The molecule has 0 saturated carbocycles. The Bertz CT molecular complexity index is 1390. The molecule has 0 atom stereocenters. The fourth-order valence-electron chi connectivity index (χ4n) is 4.31. The lowest BCUT2D eigenvalue weighted by molar-refractivity contribution is 0.0933. The molecule has 6 nitrogen and oxygen atoms in total. The van der Waals surface area contributed by atoms with Gasteiger partial charge in [-0.3, -0.25) is 4.79 Å². The lowest BCUT2D eigenvalue weighted by Gasteiger charge is -2.36. The molecular formula is C24H23NO5. The van der Waals surface area contributed by atoms with Crippen LogP contribution in [-0.4, -0.2) is 26.0 Å². The number of benzene rings is 2. The van der Waals surface area contributed by atoms with Crippen molar-refractivity contribution < 1.29 is 19.7 Å². The number of aromatic nitrogens is 1. The van der Waals surface area contributed by atoms with Crippen LogP contribution in [0.15, 0.2) is 34.8 Å². The first-order chi connectivity index (χ1) is 14.0. The summed E-state index contributed by atoms with van der Waals surface area (Å²) in [6, 6.07) is 4.91. The monoisotopic (exact) mass is 405 g/mol. The van der Waals surface area contributed by atoms with E-state index < -0.39 is 11.2 Å². The fraction of sp³-hybridized carbons (Fsp3) is 0.292. The highest BCUT2D eigenvalue weighted by atomic mass is 16.5. The molecule has 0 aliphatic carbocycles. The van der Waals surface area contributed by atoms with E-state index in [-0.39, 0.29) is 16.9 Å². The van der Waals surface area contributed by atoms with Gasteiger partial charge in [0, 0.05) is 12.6 Å². The summed E-state index contributed by atoms with van der Waals surface area (Å²) in [6.45, 7) is 7.36. The second kappa shape index (κ2) is 5.59. The quantitative estimate of drug-likeness (QED) is 0.532. The van der Waals surface area contributed by atoms with E-state index in [0.717, 1.165) is 0 Å². The molecule has 0 spiro atoms. The number of nitrogens with zero attached hydrogens (tertiary/aromatic N) is 1. The number of aromatic hydroxyl groups is 1. The molecule has 2 aliphatic heterocycles. The summed E-state index contributed by atoms with van der Waals surface area (Å²) < 4.78 is 14.3. The lowest BCUT2D eigenvalue weighted by atomic mass is 9.91. The van der Waals surface area contributed by atoms with E-state index in [1.165, 1.54) is 0 Å². The molecule has 0 fully saturated rings. The number of rotatable bonds is 0.